The normalized spacial score (nSPS) is 11.1. The lowest BCUT2D eigenvalue weighted by Crippen LogP contribution is -2.30. The van der Waals surface area contributed by atoms with Gasteiger partial charge in [0.15, 0.2) is 5.13 Å². The third-order valence-corrected chi connectivity index (χ3v) is 5.94. The number of carbonyl (C=O) groups is 1. The lowest BCUT2D eigenvalue weighted by atomic mass is 10.1. The minimum absolute atomic E-state index is 0.0401. The van der Waals surface area contributed by atoms with E-state index in [-0.39, 0.29) is 12.2 Å². The van der Waals surface area contributed by atoms with Crippen LogP contribution >= 0.6 is 22.9 Å². The first kappa shape index (κ1) is 22.7. The van der Waals surface area contributed by atoms with E-state index in [0.29, 0.717) is 31.8 Å². The van der Waals surface area contributed by atoms with E-state index in [1.807, 2.05) is 10.8 Å². The number of amides is 1. The number of rotatable bonds is 6. The van der Waals surface area contributed by atoms with Gasteiger partial charge in [0.2, 0.25) is 10.0 Å². The fraction of sp³-hybridized carbons (Fsp3) is 0.150. The lowest BCUT2D eigenvalue weighted by Gasteiger charge is -2.22. The Bertz CT molecular complexity index is 1280. The number of sulfonamides is 1. The van der Waals surface area contributed by atoms with Crippen LogP contribution in [-0.4, -0.2) is 25.6 Å². The van der Waals surface area contributed by atoms with Gasteiger partial charge in [-0.25, -0.2) is 22.5 Å². The van der Waals surface area contributed by atoms with Crippen LogP contribution < -0.4 is 9.62 Å². The summed E-state index contributed by atoms with van der Waals surface area (Å²) in [5.74, 6) is -1.32. The SMILES string of the molecule is Cc1sc(N(Cc2cc(Cl)ccc2F)c2ccc(C#N)cc2)nc1C(=O)NS(C)(=O)=O. The van der Waals surface area contributed by atoms with Crippen LogP contribution in [0.15, 0.2) is 42.5 Å². The van der Waals surface area contributed by atoms with Crippen molar-refractivity contribution in [3.63, 3.8) is 0 Å². The van der Waals surface area contributed by atoms with Crippen molar-refractivity contribution in [1.82, 2.24) is 9.71 Å². The summed E-state index contributed by atoms with van der Waals surface area (Å²) in [6.45, 7) is 1.67. The fourth-order valence-corrected chi connectivity index (χ4v) is 4.30. The minimum atomic E-state index is -3.76. The van der Waals surface area contributed by atoms with Crippen LogP contribution in [0.4, 0.5) is 15.2 Å². The molecule has 0 aliphatic heterocycles. The van der Waals surface area contributed by atoms with Crippen molar-refractivity contribution in [2.45, 2.75) is 13.5 Å². The molecule has 0 unspecified atom stereocenters. The van der Waals surface area contributed by atoms with E-state index in [1.54, 1.807) is 36.1 Å². The number of carbonyl (C=O) groups excluding carboxylic acids is 1. The van der Waals surface area contributed by atoms with Crippen molar-refractivity contribution < 1.29 is 17.6 Å². The molecule has 31 heavy (non-hydrogen) atoms. The summed E-state index contributed by atoms with van der Waals surface area (Å²) < 4.78 is 39.1. The molecular weight excluding hydrogens is 463 g/mol. The number of nitriles is 1. The first-order chi connectivity index (χ1) is 14.6. The quantitative estimate of drug-likeness (QED) is 0.571. The molecule has 0 atom stereocenters. The highest BCUT2D eigenvalue weighted by atomic mass is 35.5. The van der Waals surface area contributed by atoms with Crippen molar-refractivity contribution in [2.24, 2.45) is 0 Å². The van der Waals surface area contributed by atoms with E-state index in [4.69, 9.17) is 16.9 Å². The molecule has 1 heterocycles. The highest BCUT2D eigenvalue weighted by Gasteiger charge is 2.23. The topological polar surface area (TPSA) is 103 Å². The predicted molar refractivity (Wildman–Crippen MR) is 118 cm³/mol. The molecule has 1 N–H and O–H groups in total. The maximum absolute atomic E-state index is 14.4. The Kier molecular flexibility index (Phi) is 6.59. The number of aryl methyl sites for hydroxylation is 1. The number of hydrogen-bond donors (Lipinski definition) is 1. The zero-order chi connectivity index (χ0) is 22.8. The van der Waals surface area contributed by atoms with Gasteiger partial charge in [0.05, 0.1) is 24.4 Å². The molecule has 0 spiro atoms. The smallest absolute Gasteiger partial charge is 0.284 e. The Balaban J connectivity index is 2.06. The van der Waals surface area contributed by atoms with Gasteiger partial charge in [-0.1, -0.05) is 11.6 Å². The fourth-order valence-electron chi connectivity index (χ4n) is 2.75. The van der Waals surface area contributed by atoms with Gasteiger partial charge in [-0.2, -0.15) is 5.26 Å². The summed E-state index contributed by atoms with van der Waals surface area (Å²) in [6.07, 6.45) is 0.873. The first-order valence-corrected chi connectivity index (χ1v) is 11.9. The molecule has 1 amide bonds. The molecule has 0 aliphatic rings. The number of benzene rings is 2. The van der Waals surface area contributed by atoms with Crippen LogP contribution in [0.1, 0.15) is 26.5 Å². The second kappa shape index (κ2) is 9.01. The number of thiazole rings is 1. The highest BCUT2D eigenvalue weighted by molar-refractivity contribution is 7.89. The van der Waals surface area contributed by atoms with E-state index in [0.717, 1.165) is 17.6 Å². The Morgan fingerprint density at radius 1 is 1.29 bits per heavy atom. The Morgan fingerprint density at radius 3 is 2.58 bits per heavy atom. The van der Waals surface area contributed by atoms with Gasteiger partial charge >= 0.3 is 0 Å². The van der Waals surface area contributed by atoms with Crippen LogP contribution in [0.2, 0.25) is 5.02 Å². The molecule has 0 radical (unpaired) electrons. The van der Waals surface area contributed by atoms with E-state index in [9.17, 15) is 17.6 Å². The molecule has 0 saturated carbocycles. The zero-order valence-electron chi connectivity index (χ0n) is 16.4. The standard InChI is InChI=1S/C20H16ClFN4O3S2/c1-12-18(19(27)25-31(2,28)29)24-20(30-12)26(16-6-3-13(10-23)4-7-16)11-14-9-15(21)5-8-17(14)22/h3-9H,11H2,1-2H3,(H,25,27). The van der Waals surface area contributed by atoms with Gasteiger partial charge in [-0.15, -0.1) is 11.3 Å². The molecule has 2 aromatic carbocycles. The Morgan fingerprint density at radius 2 is 1.97 bits per heavy atom. The Hall–Kier alpha value is -3.00. The van der Waals surface area contributed by atoms with Gasteiger partial charge in [0.1, 0.15) is 11.5 Å². The third-order valence-electron chi connectivity index (χ3n) is 4.15. The summed E-state index contributed by atoms with van der Waals surface area (Å²) in [6, 6.07) is 12.8. The number of nitrogens with one attached hydrogen (secondary N) is 1. The van der Waals surface area contributed by atoms with Crippen molar-refractivity contribution >= 4 is 49.7 Å². The second-order valence-corrected chi connectivity index (χ2v) is 9.95. The average molecular weight is 479 g/mol. The monoisotopic (exact) mass is 478 g/mol. The molecular formula is C20H16ClFN4O3S2. The van der Waals surface area contributed by atoms with Gasteiger partial charge in [-0.05, 0) is 49.4 Å². The van der Waals surface area contributed by atoms with Crippen LogP contribution in [0, 0.1) is 24.1 Å². The number of halogens is 2. The summed E-state index contributed by atoms with van der Waals surface area (Å²) in [4.78, 5) is 18.8. The molecule has 3 aromatic rings. The Labute approximate surface area is 187 Å². The molecule has 160 valence electrons. The molecule has 0 bridgehead atoms. The van der Waals surface area contributed by atoms with Gasteiger partial charge in [-0.3, -0.25) is 4.79 Å². The molecule has 0 aliphatic carbocycles. The van der Waals surface area contributed by atoms with E-state index in [1.165, 1.54) is 18.2 Å². The average Bonchev–Trinajstić information content (AvgIpc) is 3.09. The van der Waals surface area contributed by atoms with E-state index >= 15 is 0 Å². The predicted octanol–water partition coefficient (Wildman–Crippen LogP) is 4.14. The third kappa shape index (κ3) is 5.58. The van der Waals surface area contributed by atoms with Gasteiger partial charge in [0, 0.05) is 21.2 Å². The van der Waals surface area contributed by atoms with Crippen LogP contribution in [0.3, 0.4) is 0 Å². The molecule has 0 saturated heterocycles. The van der Waals surface area contributed by atoms with Crippen LogP contribution in [0.5, 0.6) is 0 Å². The largest absolute Gasteiger partial charge is 0.313 e. The zero-order valence-corrected chi connectivity index (χ0v) is 18.8. The van der Waals surface area contributed by atoms with Crippen molar-refractivity contribution in [2.75, 3.05) is 11.2 Å². The van der Waals surface area contributed by atoms with Crippen LogP contribution in [0.25, 0.3) is 0 Å². The summed E-state index contributed by atoms with van der Waals surface area (Å²) in [5.41, 5.74) is 1.30. The van der Waals surface area contributed by atoms with Gasteiger partial charge < -0.3 is 4.90 Å². The number of nitrogens with zero attached hydrogens (tertiary/aromatic N) is 3. The second-order valence-electron chi connectivity index (χ2n) is 6.59. The molecule has 3 rings (SSSR count). The minimum Gasteiger partial charge on any atom is -0.313 e. The number of anilines is 2. The number of aromatic nitrogens is 1. The van der Waals surface area contributed by atoms with Crippen LogP contribution in [-0.2, 0) is 16.6 Å². The molecule has 7 nitrogen and oxygen atoms in total. The maximum Gasteiger partial charge on any atom is 0.284 e. The summed E-state index contributed by atoms with van der Waals surface area (Å²) >= 11 is 7.17. The maximum atomic E-state index is 14.4. The highest BCUT2D eigenvalue weighted by Crippen LogP contribution is 2.34. The van der Waals surface area contributed by atoms with Crippen molar-refractivity contribution in [3.05, 3.63) is 75.0 Å². The summed E-state index contributed by atoms with van der Waals surface area (Å²) in [5, 5.41) is 9.76. The molecule has 0 fully saturated rings. The van der Waals surface area contributed by atoms with E-state index < -0.39 is 21.7 Å². The van der Waals surface area contributed by atoms with Gasteiger partial charge in [0.25, 0.3) is 5.91 Å². The van der Waals surface area contributed by atoms with Crippen molar-refractivity contribution in [1.29, 1.82) is 5.26 Å². The molecule has 1 aromatic heterocycles. The van der Waals surface area contributed by atoms with Crippen molar-refractivity contribution in [3.8, 4) is 6.07 Å². The number of hydrogen-bond acceptors (Lipinski definition) is 7. The van der Waals surface area contributed by atoms with E-state index in [2.05, 4.69) is 4.98 Å². The lowest BCUT2D eigenvalue weighted by molar-refractivity contribution is 0.0977. The summed E-state index contributed by atoms with van der Waals surface area (Å²) in [7, 11) is -3.76. The first-order valence-electron chi connectivity index (χ1n) is 8.78. The molecule has 11 heteroatoms.